The van der Waals surface area contributed by atoms with Gasteiger partial charge in [-0.25, -0.2) is 4.79 Å². The molecular formula is C33H35N3O4. The monoisotopic (exact) mass is 537 g/mol. The van der Waals surface area contributed by atoms with Gasteiger partial charge in [0.25, 0.3) is 5.91 Å². The molecule has 7 heteroatoms. The summed E-state index contributed by atoms with van der Waals surface area (Å²) in [6.45, 7) is 1.96. The second-order valence-electron chi connectivity index (χ2n) is 10.5. The van der Waals surface area contributed by atoms with Crippen LogP contribution in [0.2, 0.25) is 0 Å². The average molecular weight is 538 g/mol. The zero-order valence-electron chi connectivity index (χ0n) is 22.6. The van der Waals surface area contributed by atoms with Crippen molar-refractivity contribution in [1.82, 2.24) is 10.2 Å². The summed E-state index contributed by atoms with van der Waals surface area (Å²) < 4.78 is 5.30. The molecule has 0 radical (unpaired) electrons. The lowest BCUT2D eigenvalue weighted by Gasteiger charge is -2.32. The molecule has 2 aliphatic rings. The number of carbonyl (C=O) groups is 3. The maximum Gasteiger partial charge on any atom is 0.407 e. The summed E-state index contributed by atoms with van der Waals surface area (Å²) in [7, 11) is 0. The molecule has 0 bridgehead atoms. The minimum atomic E-state index is -0.444. The summed E-state index contributed by atoms with van der Waals surface area (Å²) in [5.74, 6) is 0.194. The number of likely N-dealkylation sites (tertiary alicyclic amines) is 1. The van der Waals surface area contributed by atoms with Gasteiger partial charge in [0.05, 0.1) is 0 Å². The van der Waals surface area contributed by atoms with E-state index < -0.39 is 6.09 Å². The van der Waals surface area contributed by atoms with E-state index in [1.165, 1.54) is 11.1 Å². The average Bonchev–Trinajstić information content (AvgIpc) is 2.97. The van der Waals surface area contributed by atoms with Gasteiger partial charge in [-0.15, -0.1) is 0 Å². The lowest BCUT2D eigenvalue weighted by atomic mass is 9.88. The first kappa shape index (κ1) is 27.2. The second kappa shape index (κ2) is 13.1. The minimum Gasteiger partial charge on any atom is -0.445 e. The highest BCUT2D eigenvalue weighted by Gasteiger charge is 2.25. The summed E-state index contributed by atoms with van der Waals surface area (Å²) in [4.78, 5) is 39.5. The smallest absolute Gasteiger partial charge is 0.407 e. The van der Waals surface area contributed by atoms with Gasteiger partial charge in [0.1, 0.15) is 6.61 Å². The van der Waals surface area contributed by atoms with Gasteiger partial charge in [-0.1, -0.05) is 66.2 Å². The molecule has 0 spiro atoms. The Hall–Kier alpha value is -4.39. The van der Waals surface area contributed by atoms with Crippen molar-refractivity contribution < 1.29 is 19.1 Å². The number of hydrogen-bond acceptors (Lipinski definition) is 4. The van der Waals surface area contributed by atoms with Gasteiger partial charge in [-0.3, -0.25) is 9.59 Å². The Morgan fingerprint density at radius 1 is 0.875 bits per heavy atom. The zero-order valence-corrected chi connectivity index (χ0v) is 22.6. The van der Waals surface area contributed by atoms with Crippen LogP contribution in [-0.4, -0.2) is 35.9 Å². The molecule has 7 nitrogen and oxygen atoms in total. The Balaban J connectivity index is 1.10. The largest absolute Gasteiger partial charge is 0.445 e. The standard InChI is InChI=1S/C33H35N3O4/c37-31(20-24-9-4-10-24)35-30-14-6-13-29(21-30)32(38)36-17-15-27(16-18-36)28-12-5-11-26(19-28)22-34-33(39)40-23-25-7-2-1-3-8-25/h1-3,5-8,11-14,19-21,27H,4,9-10,15-18,22-23H2,(H,34,39)(H,35,37). The van der Waals surface area contributed by atoms with Crippen LogP contribution in [0.5, 0.6) is 0 Å². The Labute approximate surface area is 235 Å². The quantitative estimate of drug-likeness (QED) is 0.336. The summed E-state index contributed by atoms with van der Waals surface area (Å²) in [6, 6.07) is 25.0. The van der Waals surface area contributed by atoms with Crippen LogP contribution in [0, 0.1) is 0 Å². The van der Waals surface area contributed by atoms with Gasteiger partial charge in [0.15, 0.2) is 0 Å². The van der Waals surface area contributed by atoms with Crippen LogP contribution in [0.1, 0.15) is 65.1 Å². The van der Waals surface area contributed by atoms with Crippen molar-refractivity contribution in [2.75, 3.05) is 18.4 Å². The maximum absolute atomic E-state index is 13.2. The third-order valence-electron chi connectivity index (χ3n) is 7.56. The van der Waals surface area contributed by atoms with Crippen molar-refractivity contribution in [2.24, 2.45) is 0 Å². The normalized spacial score (nSPS) is 15.1. The Morgan fingerprint density at radius 3 is 2.38 bits per heavy atom. The van der Waals surface area contributed by atoms with Crippen molar-refractivity contribution in [3.63, 3.8) is 0 Å². The number of benzene rings is 3. The summed E-state index contributed by atoms with van der Waals surface area (Å²) in [5, 5.41) is 5.71. The molecule has 206 valence electrons. The molecule has 3 amide bonds. The third-order valence-corrected chi connectivity index (χ3v) is 7.56. The third kappa shape index (κ3) is 7.38. The first-order valence-corrected chi connectivity index (χ1v) is 14.0. The molecule has 2 fully saturated rings. The molecule has 3 aromatic carbocycles. The Bertz CT molecular complexity index is 1370. The molecule has 40 heavy (non-hydrogen) atoms. The number of alkyl carbamates (subject to hydrolysis) is 1. The molecule has 2 N–H and O–H groups in total. The molecule has 0 aromatic heterocycles. The second-order valence-corrected chi connectivity index (χ2v) is 10.5. The van der Waals surface area contributed by atoms with Gasteiger partial charge in [0.2, 0.25) is 5.91 Å². The number of amides is 3. The van der Waals surface area contributed by atoms with E-state index in [2.05, 4.69) is 22.8 Å². The van der Waals surface area contributed by atoms with Crippen LogP contribution in [0.4, 0.5) is 10.5 Å². The topological polar surface area (TPSA) is 87.7 Å². The highest BCUT2D eigenvalue weighted by atomic mass is 16.5. The molecule has 1 aliphatic carbocycles. The van der Waals surface area contributed by atoms with E-state index in [-0.39, 0.29) is 18.4 Å². The van der Waals surface area contributed by atoms with Crippen LogP contribution in [0.3, 0.4) is 0 Å². The maximum atomic E-state index is 13.2. The summed E-state index contributed by atoms with van der Waals surface area (Å²) in [6.07, 6.45) is 6.09. The first-order valence-electron chi connectivity index (χ1n) is 14.0. The van der Waals surface area contributed by atoms with Gasteiger partial charge in [-0.2, -0.15) is 0 Å². The summed E-state index contributed by atoms with van der Waals surface area (Å²) >= 11 is 0. The van der Waals surface area contributed by atoms with Gasteiger partial charge < -0.3 is 20.3 Å². The number of nitrogens with one attached hydrogen (secondary N) is 2. The first-order chi connectivity index (χ1) is 19.5. The van der Waals surface area contributed by atoms with Crippen molar-refractivity contribution in [2.45, 2.75) is 51.2 Å². The minimum absolute atomic E-state index is 0.0149. The molecule has 0 atom stereocenters. The highest BCUT2D eigenvalue weighted by Crippen LogP contribution is 2.30. The molecule has 1 aliphatic heterocycles. The van der Waals surface area contributed by atoms with E-state index in [1.807, 2.05) is 59.5 Å². The van der Waals surface area contributed by atoms with E-state index >= 15 is 0 Å². The number of anilines is 1. The molecule has 0 unspecified atom stereocenters. The number of ether oxygens (including phenoxy) is 1. The Morgan fingerprint density at radius 2 is 1.62 bits per heavy atom. The van der Waals surface area contributed by atoms with E-state index in [0.717, 1.165) is 43.2 Å². The lowest BCUT2D eigenvalue weighted by Crippen LogP contribution is -2.38. The Kier molecular flexibility index (Phi) is 8.91. The number of carbonyl (C=O) groups excluding carboxylic acids is 3. The van der Waals surface area contributed by atoms with Crippen LogP contribution in [-0.2, 0) is 22.7 Å². The van der Waals surface area contributed by atoms with Crippen molar-refractivity contribution >= 4 is 23.6 Å². The van der Waals surface area contributed by atoms with Gasteiger partial charge >= 0.3 is 6.09 Å². The molecule has 1 heterocycles. The molecule has 3 aromatic rings. The van der Waals surface area contributed by atoms with Crippen LogP contribution in [0.15, 0.2) is 90.5 Å². The van der Waals surface area contributed by atoms with Crippen LogP contribution in [0.25, 0.3) is 0 Å². The zero-order chi connectivity index (χ0) is 27.7. The van der Waals surface area contributed by atoms with E-state index in [9.17, 15) is 14.4 Å². The highest BCUT2D eigenvalue weighted by molar-refractivity contribution is 6.01. The van der Waals surface area contributed by atoms with Crippen LogP contribution >= 0.6 is 0 Å². The van der Waals surface area contributed by atoms with E-state index in [1.54, 1.807) is 18.2 Å². The fourth-order valence-electron chi connectivity index (χ4n) is 5.12. The molecular weight excluding hydrogens is 502 g/mol. The fraction of sp³-hybridized carbons (Fsp3) is 0.303. The van der Waals surface area contributed by atoms with Gasteiger partial charge in [-0.05, 0) is 72.9 Å². The fourth-order valence-corrected chi connectivity index (χ4v) is 5.12. The van der Waals surface area contributed by atoms with Crippen molar-refractivity contribution in [3.05, 3.63) is 113 Å². The lowest BCUT2D eigenvalue weighted by molar-refractivity contribution is -0.112. The number of piperidine rings is 1. The summed E-state index contributed by atoms with van der Waals surface area (Å²) in [5.41, 5.74) is 5.57. The van der Waals surface area contributed by atoms with Gasteiger partial charge in [0, 0.05) is 37.0 Å². The van der Waals surface area contributed by atoms with Crippen molar-refractivity contribution in [1.29, 1.82) is 0 Å². The van der Waals surface area contributed by atoms with Crippen LogP contribution < -0.4 is 10.6 Å². The molecule has 1 saturated heterocycles. The van der Waals surface area contributed by atoms with Crippen molar-refractivity contribution in [3.8, 4) is 0 Å². The number of hydrogen-bond donors (Lipinski definition) is 2. The number of nitrogens with zero attached hydrogens (tertiary/aromatic N) is 1. The number of rotatable bonds is 8. The predicted octanol–water partition coefficient (Wildman–Crippen LogP) is 6.18. The number of allylic oxidation sites excluding steroid dienone is 1. The molecule has 1 saturated carbocycles. The SMILES string of the molecule is O=C(C=C1CCC1)Nc1cccc(C(=O)N2CCC(c3cccc(CNC(=O)OCc4ccccc4)c3)CC2)c1. The molecule has 5 rings (SSSR count). The van der Waals surface area contributed by atoms with E-state index in [4.69, 9.17) is 4.74 Å². The van der Waals surface area contributed by atoms with E-state index in [0.29, 0.717) is 36.8 Å². The predicted molar refractivity (Wildman–Crippen MR) is 155 cm³/mol.